The van der Waals surface area contributed by atoms with Crippen LogP contribution < -0.4 is 4.90 Å². The van der Waals surface area contributed by atoms with Crippen LogP contribution in [0.5, 0.6) is 0 Å². The van der Waals surface area contributed by atoms with E-state index in [0.717, 1.165) is 43.8 Å². The molecule has 2 heterocycles. The van der Waals surface area contributed by atoms with Crippen molar-refractivity contribution in [2.45, 2.75) is 66.6 Å². The van der Waals surface area contributed by atoms with Crippen LogP contribution in [0.25, 0.3) is 11.1 Å². The lowest BCUT2D eigenvalue weighted by Crippen LogP contribution is -2.38. The van der Waals surface area contributed by atoms with Gasteiger partial charge in [-0.2, -0.15) is 0 Å². The molecule has 0 amide bonds. The summed E-state index contributed by atoms with van der Waals surface area (Å²) >= 11 is 0. The molecule has 2 aromatic rings. The average Bonchev–Trinajstić information content (AvgIpc) is 2.71. The van der Waals surface area contributed by atoms with E-state index in [-0.39, 0.29) is 30.5 Å². The van der Waals surface area contributed by atoms with E-state index in [2.05, 4.69) is 23.7 Å². The zero-order valence-electron chi connectivity index (χ0n) is 19.5. The first-order chi connectivity index (χ1) is 15.0. The molecule has 1 saturated heterocycles. The predicted molar refractivity (Wildman–Crippen MR) is 120 cm³/mol. The lowest BCUT2D eigenvalue weighted by Gasteiger charge is -2.40. The standard InChI is InChI=1S/C25H32F2N2O3/c1-15(2)32-22(31)13-18-16(3)28-21(14-30)23(17-6-7-19(26)20(27)12-17)24(18)29-10-8-25(4,5)9-11-29/h6-7,12,15,30H,8-11,13-14H2,1-5H3. The van der Waals surface area contributed by atoms with Gasteiger partial charge in [0, 0.05) is 29.9 Å². The minimum Gasteiger partial charge on any atom is -0.463 e. The second-order valence-corrected chi connectivity index (χ2v) is 9.50. The summed E-state index contributed by atoms with van der Waals surface area (Å²) < 4.78 is 33.2. The van der Waals surface area contributed by atoms with Gasteiger partial charge in [-0.05, 0) is 56.7 Å². The first-order valence-electron chi connectivity index (χ1n) is 11.1. The largest absolute Gasteiger partial charge is 0.463 e. The van der Waals surface area contributed by atoms with Gasteiger partial charge in [-0.3, -0.25) is 9.78 Å². The summed E-state index contributed by atoms with van der Waals surface area (Å²) in [6, 6.07) is 3.67. The molecule has 0 atom stereocenters. The van der Waals surface area contributed by atoms with Gasteiger partial charge < -0.3 is 14.7 Å². The highest BCUT2D eigenvalue weighted by Crippen LogP contribution is 2.42. The van der Waals surface area contributed by atoms with E-state index in [1.54, 1.807) is 20.8 Å². The number of pyridine rings is 1. The van der Waals surface area contributed by atoms with E-state index in [9.17, 15) is 18.7 Å². The van der Waals surface area contributed by atoms with Crippen molar-refractivity contribution in [1.29, 1.82) is 0 Å². The van der Waals surface area contributed by atoms with Crippen molar-refractivity contribution in [3.63, 3.8) is 0 Å². The topological polar surface area (TPSA) is 62.7 Å². The Kier molecular flexibility index (Phi) is 7.18. The lowest BCUT2D eigenvalue weighted by atomic mass is 9.82. The third-order valence-corrected chi connectivity index (χ3v) is 6.03. The molecule has 0 saturated carbocycles. The maximum atomic E-state index is 14.2. The van der Waals surface area contributed by atoms with E-state index < -0.39 is 11.6 Å². The van der Waals surface area contributed by atoms with Gasteiger partial charge in [0.05, 0.1) is 30.5 Å². The first kappa shape index (κ1) is 24.1. The molecule has 32 heavy (non-hydrogen) atoms. The van der Waals surface area contributed by atoms with Crippen molar-refractivity contribution in [3.8, 4) is 11.1 Å². The number of nitrogens with zero attached hydrogens (tertiary/aromatic N) is 2. The van der Waals surface area contributed by atoms with Crippen molar-refractivity contribution in [2.75, 3.05) is 18.0 Å². The Morgan fingerprint density at radius 1 is 1.22 bits per heavy atom. The highest BCUT2D eigenvalue weighted by Gasteiger charge is 2.31. The molecule has 174 valence electrons. The molecule has 1 aromatic carbocycles. The van der Waals surface area contributed by atoms with Gasteiger partial charge in [-0.25, -0.2) is 8.78 Å². The number of esters is 1. The summed E-state index contributed by atoms with van der Waals surface area (Å²) in [5.74, 6) is -2.30. The average molecular weight is 447 g/mol. The summed E-state index contributed by atoms with van der Waals surface area (Å²) in [4.78, 5) is 19.3. The fourth-order valence-corrected chi connectivity index (χ4v) is 4.20. The van der Waals surface area contributed by atoms with Crippen LogP contribution in [0.15, 0.2) is 18.2 Å². The molecule has 0 unspecified atom stereocenters. The van der Waals surface area contributed by atoms with E-state index in [0.29, 0.717) is 28.1 Å². The highest BCUT2D eigenvalue weighted by atomic mass is 19.2. The summed E-state index contributed by atoms with van der Waals surface area (Å²) in [6.45, 7) is 10.9. The molecule has 7 heteroatoms. The van der Waals surface area contributed by atoms with Crippen LogP contribution in [-0.2, 0) is 22.6 Å². The molecule has 1 aliphatic rings. The molecule has 5 nitrogen and oxygen atoms in total. The second-order valence-electron chi connectivity index (χ2n) is 9.50. The number of piperidine rings is 1. The van der Waals surface area contributed by atoms with Crippen molar-refractivity contribution in [2.24, 2.45) is 5.41 Å². The number of hydrogen-bond donors (Lipinski definition) is 1. The van der Waals surface area contributed by atoms with Gasteiger partial charge in [0.1, 0.15) is 0 Å². The number of ether oxygens (including phenoxy) is 1. The summed E-state index contributed by atoms with van der Waals surface area (Å²) in [5, 5.41) is 10.1. The van der Waals surface area contributed by atoms with E-state index >= 15 is 0 Å². The van der Waals surface area contributed by atoms with E-state index in [4.69, 9.17) is 4.74 Å². The normalized spacial score (nSPS) is 15.8. The molecule has 0 aliphatic carbocycles. The van der Waals surface area contributed by atoms with Gasteiger partial charge in [0.25, 0.3) is 0 Å². The zero-order chi connectivity index (χ0) is 23.6. The summed E-state index contributed by atoms with van der Waals surface area (Å²) in [7, 11) is 0. The molecule has 1 fully saturated rings. The van der Waals surface area contributed by atoms with Crippen LogP contribution in [-0.4, -0.2) is 35.3 Å². The smallest absolute Gasteiger partial charge is 0.310 e. The van der Waals surface area contributed by atoms with Crippen LogP contribution in [0.2, 0.25) is 0 Å². The molecule has 1 N–H and O–H groups in total. The van der Waals surface area contributed by atoms with Gasteiger partial charge in [0.2, 0.25) is 0 Å². The number of carbonyl (C=O) groups excluding carboxylic acids is 1. The number of carbonyl (C=O) groups is 1. The summed E-state index contributed by atoms with van der Waals surface area (Å²) in [5.41, 5.74) is 3.55. The molecular weight excluding hydrogens is 414 g/mol. The Labute approximate surface area is 188 Å². The van der Waals surface area contributed by atoms with Crippen LogP contribution >= 0.6 is 0 Å². The molecule has 0 spiro atoms. The van der Waals surface area contributed by atoms with Crippen molar-refractivity contribution >= 4 is 11.7 Å². The fourth-order valence-electron chi connectivity index (χ4n) is 4.20. The number of hydrogen-bond acceptors (Lipinski definition) is 5. The first-order valence-corrected chi connectivity index (χ1v) is 11.1. The predicted octanol–water partition coefficient (Wildman–Crippen LogP) is 4.95. The third-order valence-electron chi connectivity index (χ3n) is 6.03. The number of aliphatic hydroxyl groups is 1. The Hall–Kier alpha value is -2.54. The number of aryl methyl sites for hydroxylation is 1. The van der Waals surface area contributed by atoms with Crippen molar-refractivity contribution in [1.82, 2.24) is 4.98 Å². The van der Waals surface area contributed by atoms with Crippen LogP contribution in [0.4, 0.5) is 14.5 Å². The fraction of sp³-hybridized carbons (Fsp3) is 0.520. The molecular formula is C25H32F2N2O3. The van der Waals surface area contributed by atoms with Gasteiger partial charge >= 0.3 is 5.97 Å². The minimum atomic E-state index is -0.974. The highest BCUT2D eigenvalue weighted by molar-refractivity contribution is 5.87. The molecule has 1 aromatic heterocycles. The van der Waals surface area contributed by atoms with Crippen molar-refractivity contribution < 1.29 is 23.4 Å². The minimum absolute atomic E-state index is 0.00856. The third kappa shape index (κ3) is 5.26. The van der Waals surface area contributed by atoms with Crippen LogP contribution in [0.1, 0.15) is 57.5 Å². The monoisotopic (exact) mass is 446 g/mol. The second kappa shape index (κ2) is 9.53. The van der Waals surface area contributed by atoms with Crippen molar-refractivity contribution in [3.05, 3.63) is 46.8 Å². The maximum Gasteiger partial charge on any atom is 0.310 e. The number of anilines is 1. The Balaban J connectivity index is 2.22. The molecule has 3 rings (SSSR count). The maximum absolute atomic E-state index is 14.2. The SMILES string of the molecule is Cc1nc(CO)c(-c2ccc(F)c(F)c2)c(N2CCC(C)(C)CC2)c1CC(=O)OC(C)C. The van der Waals surface area contributed by atoms with Crippen LogP contribution in [0.3, 0.4) is 0 Å². The van der Waals surface area contributed by atoms with Crippen LogP contribution in [0, 0.1) is 24.0 Å². The molecule has 0 radical (unpaired) electrons. The number of rotatable bonds is 6. The van der Waals surface area contributed by atoms with E-state index in [1.807, 2.05) is 0 Å². The van der Waals surface area contributed by atoms with E-state index in [1.165, 1.54) is 6.07 Å². The Bertz CT molecular complexity index is 995. The number of aliphatic hydroxyl groups excluding tert-OH is 1. The molecule has 0 bridgehead atoms. The number of benzene rings is 1. The number of aromatic nitrogens is 1. The summed E-state index contributed by atoms with van der Waals surface area (Å²) in [6.07, 6.45) is 1.64. The Morgan fingerprint density at radius 2 is 1.88 bits per heavy atom. The zero-order valence-corrected chi connectivity index (χ0v) is 19.5. The van der Waals surface area contributed by atoms with Gasteiger partial charge in [-0.1, -0.05) is 19.9 Å². The lowest BCUT2D eigenvalue weighted by molar-refractivity contribution is -0.146. The quantitative estimate of drug-likeness (QED) is 0.637. The number of halogens is 2. The Morgan fingerprint density at radius 3 is 2.44 bits per heavy atom. The molecule has 1 aliphatic heterocycles. The van der Waals surface area contributed by atoms with Gasteiger partial charge in [-0.15, -0.1) is 0 Å². The van der Waals surface area contributed by atoms with Gasteiger partial charge in [0.15, 0.2) is 11.6 Å².